The molecule has 20 heavy (non-hydrogen) atoms. The number of benzene rings is 1. The third kappa shape index (κ3) is 2.52. The number of nitrogens with zero attached hydrogens (tertiary/aromatic N) is 2. The molecule has 1 atom stereocenters. The predicted molar refractivity (Wildman–Crippen MR) is 79.6 cm³/mol. The highest BCUT2D eigenvalue weighted by molar-refractivity contribution is 5.88. The van der Waals surface area contributed by atoms with Crippen LogP contribution in [0, 0.1) is 6.92 Å². The molecule has 2 aliphatic rings. The van der Waals surface area contributed by atoms with Gasteiger partial charge in [0.2, 0.25) is 0 Å². The van der Waals surface area contributed by atoms with Crippen molar-refractivity contribution in [2.24, 2.45) is 0 Å². The van der Waals surface area contributed by atoms with Gasteiger partial charge in [-0.05, 0) is 56.5 Å². The van der Waals surface area contributed by atoms with Crippen molar-refractivity contribution in [2.75, 3.05) is 31.1 Å². The van der Waals surface area contributed by atoms with E-state index in [0.29, 0.717) is 11.6 Å². The lowest BCUT2D eigenvalue weighted by molar-refractivity contribution is 0.0697. The van der Waals surface area contributed by atoms with Gasteiger partial charge in [-0.25, -0.2) is 4.79 Å². The van der Waals surface area contributed by atoms with E-state index in [1.807, 2.05) is 13.0 Å². The third-order valence-corrected chi connectivity index (χ3v) is 4.59. The van der Waals surface area contributed by atoms with Crippen molar-refractivity contribution in [1.82, 2.24) is 4.90 Å². The number of carboxylic acid groups (broad SMARTS) is 1. The molecule has 1 N–H and O–H groups in total. The first kappa shape index (κ1) is 13.4. The fraction of sp³-hybridized carbons (Fsp3) is 0.562. The maximum Gasteiger partial charge on any atom is 0.335 e. The van der Waals surface area contributed by atoms with Crippen molar-refractivity contribution in [3.05, 3.63) is 29.3 Å². The second-order valence-electron chi connectivity index (χ2n) is 5.94. The Bertz CT molecular complexity index is 515. The van der Waals surface area contributed by atoms with Crippen molar-refractivity contribution in [1.29, 1.82) is 0 Å². The average Bonchev–Trinajstić information content (AvgIpc) is 2.76. The Labute approximate surface area is 120 Å². The van der Waals surface area contributed by atoms with Crippen LogP contribution in [0.5, 0.6) is 0 Å². The van der Waals surface area contributed by atoms with Gasteiger partial charge in [-0.3, -0.25) is 4.90 Å². The molecule has 108 valence electrons. The summed E-state index contributed by atoms with van der Waals surface area (Å²) in [6.45, 7) is 6.61. The van der Waals surface area contributed by atoms with Crippen molar-refractivity contribution in [2.45, 2.75) is 32.2 Å². The van der Waals surface area contributed by atoms with Gasteiger partial charge >= 0.3 is 5.97 Å². The summed E-state index contributed by atoms with van der Waals surface area (Å²) in [7, 11) is 0. The quantitative estimate of drug-likeness (QED) is 0.899. The monoisotopic (exact) mass is 274 g/mol. The Morgan fingerprint density at radius 3 is 2.80 bits per heavy atom. The molecule has 2 heterocycles. The molecular weight excluding hydrogens is 252 g/mol. The van der Waals surface area contributed by atoms with Gasteiger partial charge in [0.15, 0.2) is 0 Å². The van der Waals surface area contributed by atoms with Crippen LogP contribution in [0.2, 0.25) is 0 Å². The summed E-state index contributed by atoms with van der Waals surface area (Å²) in [4.78, 5) is 16.1. The van der Waals surface area contributed by atoms with Crippen LogP contribution >= 0.6 is 0 Å². The highest BCUT2D eigenvalue weighted by atomic mass is 16.4. The average molecular weight is 274 g/mol. The molecule has 0 aliphatic carbocycles. The van der Waals surface area contributed by atoms with E-state index >= 15 is 0 Å². The minimum Gasteiger partial charge on any atom is -0.478 e. The summed E-state index contributed by atoms with van der Waals surface area (Å²) >= 11 is 0. The lowest BCUT2D eigenvalue weighted by Gasteiger charge is -2.28. The smallest absolute Gasteiger partial charge is 0.335 e. The number of anilines is 1. The number of rotatable bonds is 2. The van der Waals surface area contributed by atoms with E-state index in [1.54, 1.807) is 12.1 Å². The number of fused-ring (bicyclic) bond motifs is 1. The predicted octanol–water partition coefficient (Wildman–Crippen LogP) is 2.37. The minimum absolute atomic E-state index is 0.378. The Balaban J connectivity index is 1.82. The lowest BCUT2D eigenvalue weighted by Crippen LogP contribution is -2.36. The van der Waals surface area contributed by atoms with E-state index < -0.39 is 5.97 Å². The molecule has 2 fully saturated rings. The summed E-state index contributed by atoms with van der Waals surface area (Å²) in [5.74, 6) is -0.850. The molecule has 0 aromatic heterocycles. The number of carbonyl (C=O) groups is 1. The van der Waals surface area contributed by atoms with Gasteiger partial charge in [0.25, 0.3) is 0 Å². The van der Waals surface area contributed by atoms with E-state index in [1.165, 1.54) is 38.0 Å². The Kier molecular flexibility index (Phi) is 3.66. The highest BCUT2D eigenvalue weighted by Gasteiger charge is 2.29. The molecule has 3 rings (SSSR count). The molecule has 1 aromatic carbocycles. The SMILES string of the molecule is Cc1cc(C(=O)O)ccc1N1CCCN2CCCC2C1. The van der Waals surface area contributed by atoms with Gasteiger partial charge in [0.1, 0.15) is 0 Å². The van der Waals surface area contributed by atoms with Crippen LogP contribution in [0.25, 0.3) is 0 Å². The van der Waals surface area contributed by atoms with Crippen molar-refractivity contribution in [3.63, 3.8) is 0 Å². The van der Waals surface area contributed by atoms with Gasteiger partial charge in [0.05, 0.1) is 5.56 Å². The molecule has 4 heteroatoms. The van der Waals surface area contributed by atoms with Crippen LogP contribution in [0.1, 0.15) is 35.2 Å². The molecule has 1 aromatic rings. The topological polar surface area (TPSA) is 43.8 Å². The fourth-order valence-corrected chi connectivity index (χ4v) is 3.57. The van der Waals surface area contributed by atoms with Gasteiger partial charge in [-0.2, -0.15) is 0 Å². The third-order valence-electron chi connectivity index (χ3n) is 4.59. The fourth-order valence-electron chi connectivity index (χ4n) is 3.57. The largest absolute Gasteiger partial charge is 0.478 e. The molecule has 0 spiro atoms. The van der Waals surface area contributed by atoms with E-state index in [0.717, 1.165) is 18.7 Å². The molecule has 2 aliphatic heterocycles. The molecule has 1 unspecified atom stereocenters. The van der Waals surface area contributed by atoms with Gasteiger partial charge < -0.3 is 10.0 Å². The zero-order valence-corrected chi connectivity index (χ0v) is 12.0. The molecule has 0 saturated carbocycles. The van der Waals surface area contributed by atoms with Gasteiger partial charge in [-0.1, -0.05) is 0 Å². The molecular formula is C16H22N2O2. The zero-order chi connectivity index (χ0) is 14.1. The van der Waals surface area contributed by atoms with Crippen molar-refractivity contribution in [3.8, 4) is 0 Å². The first-order chi connectivity index (χ1) is 9.65. The lowest BCUT2D eigenvalue weighted by atomic mass is 10.1. The van der Waals surface area contributed by atoms with Crippen LogP contribution in [0.15, 0.2) is 18.2 Å². The highest BCUT2D eigenvalue weighted by Crippen LogP contribution is 2.27. The molecule has 0 radical (unpaired) electrons. The minimum atomic E-state index is -0.850. The summed E-state index contributed by atoms with van der Waals surface area (Å²) in [5.41, 5.74) is 2.64. The second-order valence-corrected chi connectivity index (χ2v) is 5.94. The summed E-state index contributed by atoms with van der Waals surface area (Å²) in [5, 5.41) is 9.06. The number of hydrogen-bond acceptors (Lipinski definition) is 3. The first-order valence-corrected chi connectivity index (χ1v) is 7.48. The molecule has 4 nitrogen and oxygen atoms in total. The maximum atomic E-state index is 11.0. The number of aryl methyl sites for hydroxylation is 1. The van der Waals surface area contributed by atoms with Crippen LogP contribution in [0.3, 0.4) is 0 Å². The van der Waals surface area contributed by atoms with E-state index in [9.17, 15) is 4.79 Å². The van der Waals surface area contributed by atoms with Crippen LogP contribution in [-0.4, -0.2) is 48.2 Å². The summed E-state index contributed by atoms with van der Waals surface area (Å²) in [6, 6.07) is 6.16. The summed E-state index contributed by atoms with van der Waals surface area (Å²) < 4.78 is 0. The standard InChI is InChI=1S/C16H22N2O2/c1-12-10-13(16(19)20)5-6-15(12)18-9-3-8-17-7-2-4-14(17)11-18/h5-6,10,14H,2-4,7-9,11H2,1H3,(H,19,20). The van der Waals surface area contributed by atoms with E-state index in [2.05, 4.69) is 9.80 Å². The second kappa shape index (κ2) is 5.44. The van der Waals surface area contributed by atoms with Crippen LogP contribution in [0.4, 0.5) is 5.69 Å². The van der Waals surface area contributed by atoms with Crippen molar-refractivity contribution >= 4 is 11.7 Å². The normalized spacial score (nSPS) is 23.4. The molecule has 2 saturated heterocycles. The Hall–Kier alpha value is -1.55. The van der Waals surface area contributed by atoms with Gasteiger partial charge in [-0.15, -0.1) is 0 Å². The number of aromatic carboxylic acids is 1. The van der Waals surface area contributed by atoms with E-state index in [-0.39, 0.29) is 0 Å². The molecule has 0 bridgehead atoms. The zero-order valence-electron chi connectivity index (χ0n) is 12.0. The Morgan fingerprint density at radius 1 is 1.25 bits per heavy atom. The van der Waals surface area contributed by atoms with E-state index in [4.69, 9.17) is 5.11 Å². The number of hydrogen-bond donors (Lipinski definition) is 1. The van der Waals surface area contributed by atoms with Crippen molar-refractivity contribution < 1.29 is 9.90 Å². The number of carboxylic acids is 1. The maximum absolute atomic E-state index is 11.0. The van der Waals surface area contributed by atoms with Crippen LogP contribution in [-0.2, 0) is 0 Å². The summed E-state index contributed by atoms with van der Waals surface area (Å²) in [6.07, 6.45) is 3.80. The molecule has 0 amide bonds. The van der Waals surface area contributed by atoms with Crippen LogP contribution < -0.4 is 4.90 Å². The Morgan fingerprint density at radius 2 is 2.05 bits per heavy atom. The first-order valence-electron chi connectivity index (χ1n) is 7.48. The van der Waals surface area contributed by atoms with Gasteiger partial charge in [0, 0.05) is 31.4 Å².